The minimum atomic E-state index is -0.270. The molecule has 5 nitrogen and oxygen atoms in total. The molecule has 0 unspecified atom stereocenters. The maximum Gasteiger partial charge on any atom is 0.223 e. The van der Waals surface area contributed by atoms with Crippen molar-refractivity contribution < 1.29 is 9.18 Å². The molecular weight excluding hydrogens is 447 g/mol. The summed E-state index contributed by atoms with van der Waals surface area (Å²) in [6.45, 7) is 2.06. The SMILES string of the molecule is O=C(NCc1ccc(Br)cc1)C1CCN(c2cc(-c3ccc(F)cc3)ncn2)CC1. The fraction of sp³-hybridized carbons (Fsp3) is 0.261. The summed E-state index contributed by atoms with van der Waals surface area (Å²) in [5.41, 5.74) is 2.69. The summed E-state index contributed by atoms with van der Waals surface area (Å²) in [6.07, 6.45) is 3.09. The predicted octanol–water partition coefficient (Wildman–Crippen LogP) is 4.58. The van der Waals surface area contributed by atoms with Gasteiger partial charge < -0.3 is 10.2 Å². The van der Waals surface area contributed by atoms with Gasteiger partial charge in [0.05, 0.1) is 5.69 Å². The van der Waals surface area contributed by atoms with Crippen LogP contribution in [0.5, 0.6) is 0 Å². The molecule has 1 N–H and O–H groups in total. The second-order valence-electron chi connectivity index (χ2n) is 7.37. The number of aromatic nitrogens is 2. The highest BCUT2D eigenvalue weighted by atomic mass is 79.9. The van der Waals surface area contributed by atoms with Gasteiger partial charge in [0.1, 0.15) is 18.0 Å². The number of nitrogens with zero attached hydrogens (tertiary/aromatic N) is 3. The summed E-state index contributed by atoms with van der Waals surface area (Å²) in [5, 5.41) is 3.05. The molecule has 4 rings (SSSR count). The van der Waals surface area contributed by atoms with Crippen molar-refractivity contribution in [2.75, 3.05) is 18.0 Å². The molecule has 0 radical (unpaired) electrons. The molecule has 1 aliphatic heterocycles. The first-order valence-electron chi connectivity index (χ1n) is 9.93. The van der Waals surface area contributed by atoms with Crippen LogP contribution in [0.1, 0.15) is 18.4 Å². The van der Waals surface area contributed by atoms with E-state index >= 15 is 0 Å². The van der Waals surface area contributed by atoms with E-state index in [9.17, 15) is 9.18 Å². The molecule has 2 aromatic carbocycles. The highest BCUT2D eigenvalue weighted by molar-refractivity contribution is 9.10. The van der Waals surface area contributed by atoms with Crippen molar-refractivity contribution in [3.8, 4) is 11.3 Å². The smallest absolute Gasteiger partial charge is 0.223 e. The number of rotatable bonds is 5. The Kier molecular flexibility index (Phi) is 6.38. The number of benzene rings is 2. The number of hydrogen-bond donors (Lipinski definition) is 1. The Balaban J connectivity index is 1.33. The van der Waals surface area contributed by atoms with Gasteiger partial charge in [-0.3, -0.25) is 4.79 Å². The lowest BCUT2D eigenvalue weighted by Crippen LogP contribution is -2.40. The molecule has 0 aliphatic carbocycles. The van der Waals surface area contributed by atoms with Crippen molar-refractivity contribution in [3.63, 3.8) is 0 Å². The van der Waals surface area contributed by atoms with Crippen LogP contribution in [0.4, 0.5) is 10.2 Å². The zero-order valence-electron chi connectivity index (χ0n) is 16.4. The molecule has 0 spiro atoms. The first-order chi connectivity index (χ1) is 14.6. The van der Waals surface area contributed by atoms with Gasteiger partial charge in [0.2, 0.25) is 5.91 Å². The van der Waals surface area contributed by atoms with Crippen molar-refractivity contribution >= 4 is 27.7 Å². The van der Waals surface area contributed by atoms with Gasteiger partial charge in [0, 0.05) is 41.7 Å². The van der Waals surface area contributed by atoms with Crippen LogP contribution in [-0.2, 0) is 11.3 Å². The van der Waals surface area contributed by atoms with E-state index in [1.807, 2.05) is 30.3 Å². The second kappa shape index (κ2) is 9.34. The maximum absolute atomic E-state index is 13.2. The van der Waals surface area contributed by atoms with Gasteiger partial charge in [-0.2, -0.15) is 0 Å². The monoisotopic (exact) mass is 468 g/mol. The summed E-state index contributed by atoms with van der Waals surface area (Å²) in [5.74, 6) is 0.675. The molecule has 0 saturated carbocycles. The molecule has 1 fully saturated rings. The summed E-state index contributed by atoms with van der Waals surface area (Å²) in [6, 6.07) is 16.1. The van der Waals surface area contributed by atoms with E-state index < -0.39 is 0 Å². The van der Waals surface area contributed by atoms with E-state index in [-0.39, 0.29) is 17.6 Å². The van der Waals surface area contributed by atoms with E-state index in [2.05, 4.69) is 36.1 Å². The zero-order chi connectivity index (χ0) is 20.9. The van der Waals surface area contributed by atoms with Crippen molar-refractivity contribution in [2.45, 2.75) is 19.4 Å². The van der Waals surface area contributed by atoms with Gasteiger partial charge in [-0.25, -0.2) is 14.4 Å². The molecule has 0 atom stereocenters. The molecule has 154 valence electrons. The number of carbonyl (C=O) groups excluding carboxylic acids is 1. The number of nitrogens with one attached hydrogen (secondary N) is 1. The topological polar surface area (TPSA) is 58.1 Å². The summed E-state index contributed by atoms with van der Waals surface area (Å²) in [4.78, 5) is 23.4. The molecule has 1 saturated heterocycles. The molecule has 1 amide bonds. The third kappa shape index (κ3) is 5.02. The van der Waals surface area contributed by atoms with Gasteiger partial charge >= 0.3 is 0 Å². The van der Waals surface area contributed by atoms with Crippen LogP contribution in [0.3, 0.4) is 0 Å². The van der Waals surface area contributed by atoms with Crippen molar-refractivity contribution in [1.82, 2.24) is 15.3 Å². The van der Waals surface area contributed by atoms with Crippen LogP contribution >= 0.6 is 15.9 Å². The number of anilines is 1. The lowest BCUT2D eigenvalue weighted by atomic mass is 9.95. The standard InChI is InChI=1S/C23H22BrFN4O/c24-19-5-1-16(2-6-19)14-26-23(30)18-9-11-29(12-10-18)22-13-21(27-15-28-22)17-3-7-20(25)8-4-17/h1-8,13,15,18H,9-12,14H2,(H,26,30). The molecule has 7 heteroatoms. The third-order valence-electron chi connectivity index (χ3n) is 5.36. The Labute approximate surface area is 183 Å². The van der Waals surface area contributed by atoms with Gasteiger partial charge in [-0.1, -0.05) is 28.1 Å². The number of piperidine rings is 1. The van der Waals surface area contributed by atoms with E-state index in [4.69, 9.17) is 0 Å². The van der Waals surface area contributed by atoms with E-state index in [1.54, 1.807) is 12.1 Å². The number of amides is 1. The predicted molar refractivity (Wildman–Crippen MR) is 118 cm³/mol. The highest BCUT2D eigenvalue weighted by Crippen LogP contribution is 2.25. The van der Waals surface area contributed by atoms with Crippen molar-refractivity contribution in [1.29, 1.82) is 0 Å². The van der Waals surface area contributed by atoms with E-state index in [0.29, 0.717) is 6.54 Å². The molecule has 0 bridgehead atoms. The fourth-order valence-electron chi connectivity index (χ4n) is 3.61. The van der Waals surface area contributed by atoms with Crippen LogP contribution in [0.15, 0.2) is 65.4 Å². The number of hydrogen-bond acceptors (Lipinski definition) is 4. The minimum Gasteiger partial charge on any atom is -0.356 e. The first-order valence-corrected chi connectivity index (χ1v) is 10.7. The van der Waals surface area contributed by atoms with Gasteiger partial charge in [0.15, 0.2) is 0 Å². The number of halogens is 2. The molecular formula is C23H22BrFN4O. The Hall–Kier alpha value is -2.80. The lowest BCUT2D eigenvalue weighted by molar-refractivity contribution is -0.125. The van der Waals surface area contributed by atoms with E-state index in [1.165, 1.54) is 18.5 Å². The van der Waals surface area contributed by atoms with E-state index in [0.717, 1.165) is 53.0 Å². The van der Waals surface area contributed by atoms with Crippen LogP contribution in [0.25, 0.3) is 11.3 Å². The van der Waals surface area contributed by atoms with Crippen molar-refractivity contribution in [3.05, 3.63) is 76.8 Å². The molecule has 1 aliphatic rings. The highest BCUT2D eigenvalue weighted by Gasteiger charge is 2.25. The average molecular weight is 469 g/mol. The quantitative estimate of drug-likeness (QED) is 0.595. The second-order valence-corrected chi connectivity index (χ2v) is 8.29. The minimum absolute atomic E-state index is 0.00936. The molecule has 3 aromatic rings. The Bertz CT molecular complexity index is 1000. The average Bonchev–Trinajstić information content (AvgIpc) is 2.79. The molecule has 1 aromatic heterocycles. The van der Waals surface area contributed by atoms with Crippen LogP contribution in [-0.4, -0.2) is 29.0 Å². The Morgan fingerprint density at radius 1 is 1.07 bits per heavy atom. The summed E-state index contributed by atoms with van der Waals surface area (Å²) >= 11 is 3.42. The van der Waals surface area contributed by atoms with Gasteiger partial charge in [-0.15, -0.1) is 0 Å². The largest absolute Gasteiger partial charge is 0.356 e. The van der Waals surface area contributed by atoms with Crippen LogP contribution in [0.2, 0.25) is 0 Å². The Morgan fingerprint density at radius 3 is 2.47 bits per heavy atom. The van der Waals surface area contributed by atoms with Crippen LogP contribution < -0.4 is 10.2 Å². The Morgan fingerprint density at radius 2 is 1.77 bits per heavy atom. The zero-order valence-corrected chi connectivity index (χ0v) is 18.0. The van der Waals surface area contributed by atoms with Gasteiger partial charge in [0.25, 0.3) is 0 Å². The maximum atomic E-state index is 13.2. The number of carbonyl (C=O) groups is 1. The van der Waals surface area contributed by atoms with Gasteiger partial charge in [-0.05, 0) is 54.8 Å². The fourth-order valence-corrected chi connectivity index (χ4v) is 3.87. The lowest BCUT2D eigenvalue weighted by Gasteiger charge is -2.32. The van der Waals surface area contributed by atoms with Crippen molar-refractivity contribution in [2.24, 2.45) is 5.92 Å². The summed E-state index contributed by atoms with van der Waals surface area (Å²) < 4.78 is 14.2. The molecule has 30 heavy (non-hydrogen) atoms. The normalized spacial score (nSPS) is 14.5. The third-order valence-corrected chi connectivity index (χ3v) is 5.89. The first kappa shape index (κ1) is 20.5. The molecule has 2 heterocycles. The van der Waals surface area contributed by atoms with Crippen LogP contribution in [0, 0.1) is 11.7 Å². The summed E-state index contributed by atoms with van der Waals surface area (Å²) in [7, 11) is 0.